The van der Waals surface area contributed by atoms with Crippen molar-refractivity contribution in [3.05, 3.63) is 95.5 Å². The Morgan fingerprint density at radius 1 is 1.06 bits per heavy atom. The second-order valence-corrected chi connectivity index (χ2v) is 8.47. The van der Waals surface area contributed by atoms with Crippen LogP contribution in [0.25, 0.3) is 33.0 Å². The van der Waals surface area contributed by atoms with E-state index in [4.69, 9.17) is 21.3 Å². The van der Waals surface area contributed by atoms with Crippen molar-refractivity contribution in [2.45, 2.75) is 19.9 Å². The van der Waals surface area contributed by atoms with Gasteiger partial charge in [-0.1, -0.05) is 6.07 Å². The first-order chi connectivity index (χ1) is 17.5. The van der Waals surface area contributed by atoms with Crippen LogP contribution in [0.3, 0.4) is 0 Å². The highest BCUT2D eigenvalue weighted by atomic mass is 19.1. The molecule has 7 nitrogen and oxygen atoms in total. The molecule has 2 heterocycles. The van der Waals surface area contributed by atoms with Crippen molar-refractivity contribution in [3.63, 3.8) is 0 Å². The lowest BCUT2D eigenvalue weighted by atomic mass is 10.1. The van der Waals surface area contributed by atoms with E-state index in [1.807, 2.05) is 48.7 Å². The third kappa shape index (κ3) is 4.34. The number of anilines is 2. The van der Waals surface area contributed by atoms with Gasteiger partial charge in [-0.2, -0.15) is 0 Å². The van der Waals surface area contributed by atoms with E-state index in [-0.39, 0.29) is 11.9 Å². The Labute approximate surface area is 207 Å². The number of aromatic nitrogens is 3. The molecule has 1 aromatic heterocycles. The molecule has 1 aliphatic carbocycles. The number of pyridine rings is 1. The van der Waals surface area contributed by atoms with Gasteiger partial charge in [0.1, 0.15) is 11.5 Å². The molecule has 0 saturated carbocycles. The topological polar surface area (TPSA) is 68.7 Å². The predicted molar refractivity (Wildman–Crippen MR) is 139 cm³/mol. The van der Waals surface area contributed by atoms with Crippen molar-refractivity contribution in [2.24, 2.45) is 4.99 Å². The largest absolute Gasteiger partial charge is 0.480 e. The summed E-state index contributed by atoms with van der Waals surface area (Å²) in [7, 11) is 1.57. The van der Waals surface area contributed by atoms with E-state index >= 15 is 0 Å². The zero-order valence-corrected chi connectivity index (χ0v) is 20.0. The van der Waals surface area contributed by atoms with E-state index in [1.54, 1.807) is 37.6 Å². The molecule has 0 fully saturated rings. The predicted octanol–water partition coefficient (Wildman–Crippen LogP) is 6.28. The molecule has 1 aliphatic heterocycles. The Morgan fingerprint density at radius 2 is 1.86 bits per heavy atom. The summed E-state index contributed by atoms with van der Waals surface area (Å²) in [5.41, 5.74) is 5.63. The highest BCUT2D eigenvalue weighted by Gasteiger charge is 2.18. The van der Waals surface area contributed by atoms with Gasteiger partial charge in [0, 0.05) is 17.9 Å². The van der Waals surface area contributed by atoms with Gasteiger partial charge >= 0.3 is 0 Å². The van der Waals surface area contributed by atoms with Gasteiger partial charge in [-0.25, -0.2) is 19.2 Å². The second kappa shape index (κ2) is 9.47. The summed E-state index contributed by atoms with van der Waals surface area (Å²) in [6.45, 7) is 11.4. The fourth-order valence-electron chi connectivity index (χ4n) is 4.10. The van der Waals surface area contributed by atoms with Crippen molar-refractivity contribution >= 4 is 28.1 Å². The van der Waals surface area contributed by atoms with Gasteiger partial charge in [0.25, 0.3) is 0 Å². The molecule has 0 saturated heterocycles. The standard InChI is InChI=1S/C28H23FN6O/c1-17(2)32-23-16-27-25(15-22(23)33-21-6-5-13-31-28(21)36-4)34-24-14-19(30-3)9-12-26(24)35(27)20-10-7-18(29)8-11-20/h5-17,33H,1-2,4H3. The van der Waals surface area contributed by atoms with E-state index in [0.717, 1.165) is 27.9 Å². The molecular formula is C28H23FN6O. The summed E-state index contributed by atoms with van der Waals surface area (Å²) in [6, 6.07) is 19.3. The number of nitrogens with one attached hydrogen (secondary N) is 1. The van der Waals surface area contributed by atoms with Gasteiger partial charge in [-0.05, 0) is 74.5 Å². The van der Waals surface area contributed by atoms with Crippen LogP contribution in [0, 0.1) is 12.4 Å². The summed E-state index contributed by atoms with van der Waals surface area (Å²) < 4.78 is 21.2. The minimum Gasteiger partial charge on any atom is -0.480 e. The molecule has 0 spiro atoms. The number of ether oxygens (including phenoxy) is 1. The van der Waals surface area contributed by atoms with Crippen LogP contribution in [0.15, 0.2) is 77.9 Å². The lowest BCUT2D eigenvalue weighted by Crippen LogP contribution is -2.16. The van der Waals surface area contributed by atoms with Gasteiger partial charge in [0.15, 0.2) is 5.69 Å². The van der Waals surface area contributed by atoms with Crippen LogP contribution < -0.4 is 15.4 Å². The molecule has 0 radical (unpaired) electrons. The van der Waals surface area contributed by atoms with Crippen LogP contribution in [0.4, 0.5) is 21.5 Å². The minimum atomic E-state index is -0.315. The van der Waals surface area contributed by atoms with Crippen molar-refractivity contribution in [1.82, 2.24) is 14.5 Å². The lowest BCUT2D eigenvalue weighted by Gasteiger charge is -2.21. The molecule has 2 aliphatic rings. The number of hydrogen-bond donors (Lipinski definition) is 1. The van der Waals surface area contributed by atoms with E-state index in [9.17, 15) is 4.39 Å². The summed E-state index contributed by atoms with van der Waals surface area (Å²) in [4.78, 5) is 17.6. The fraction of sp³-hybridized carbons (Fsp3) is 0.143. The van der Waals surface area contributed by atoms with Crippen molar-refractivity contribution < 1.29 is 9.13 Å². The number of fused-ring (bicyclic) bond motifs is 2. The van der Waals surface area contributed by atoms with E-state index < -0.39 is 0 Å². The molecule has 3 aromatic rings. The summed E-state index contributed by atoms with van der Waals surface area (Å²) >= 11 is 0. The molecule has 0 atom stereocenters. The Kier molecular flexibility index (Phi) is 6.05. The number of benzene rings is 3. The number of methoxy groups -OCH3 is 1. The van der Waals surface area contributed by atoms with Crippen LogP contribution in [0.1, 0.15) is 13.8 Å². The monoisotopic (exact) mass is 478 g/mol. The molecule has 5 rings (SSSR count). The normalized spacial score (nSPS) is 11.7. The number of hydrogen-bond acceptors (Lipinski definition) is 5. The van der Waals surface area contributed by atoms with E-state index in [0.29, 0.717) is 28.5 Å². The first-order valence-corrected chi connectivity index (χ1v) is 11.4. The minimum absolute atomic E-state index is 0.0349. The molecule has 0 amide bonds. The average molecular weight is 479 g/mol. The third-order valence-electron chi connectivity index (χ3n) is 5.62. The number of nitrogens with zero attached hydrogens (tertiary/aromatic N) is 5. The van der Waals surface area contributed by atoms with Crippen molar-refractivity contribution in [1.29, 1.82) is 0 Å². The van der Waals surface area contributed by atoms with Crippen LogP contribution in [-0.4, -0.2) is 27.7 Å². The maximum atomic E-state index is 13.8. The highest BCUT2D eigenvalue weighted by Crippen LogP contribution is 2.33. The Balaban J connectivity index is 1.84. The summed E-state index contributed by atoms with van der Waals surface area (Å²) in [5, 5.41) is 4.13. The first-order valence-electron chi connectivity index (χ1n) is 11.4. The zero-order chi connectivity index (χ0) is 25.2. The van der Waals surface area contributed by atoms with Crippen LogP contribution in [-0.2, 0) is 0 Å². The van der Waals surface area contributed by atoms with Gasteiger partial charge in [0.05, 0.1) is 47.1 Å². The fourth-order valence-corrected chi connectivity index (χ4v) is 4.10. The maximum absolute atomic E-state index is 13.8. The average Bonchev–Trinajstić information content (AvgIpc) is 2.88. The van der Waals surface area contributed by atoms with Gasteiger partial charge in [0.2, 0.25) is 5.88 Å². The van der Waals surface area contributed by atoms with Crippen LogP contribution >= 0.6 is 0 Å². The van der Waals surface area contributed by atoms with E-state index in [1.165, 1.54) is 12.1 Å². The van der Waals surface area contributed by atoms with Crippen LogP contribution in [0.2, 0.25) is 0 Å². The summed E-state index contributed by atoms with van der Waals surface area (Å²) in [6.07, 6.45) is 1.66. The SMILES string of the molecule is [C-]#[N+]c1ccc2c(c1)nc1cc(Nc3cccnc3OC)c(=NC(C)C)cc-1n2-c1ccc(F)cc1. The Hall–Kier alpha value is -4.77. The molecule has 0 unspecified atom stereocenters. The molecule has 2 aromatic carbocycles. The first kappa shape index (κ1) is 23.0. The lowest BCUT2D eigenvalue weighted by molar-refractivity contribution is 0.400. The Bertz CT molecular complexity index is 1650. The maximum Gasteiger partial charge on any atom is 0.237 e. The molecule has 0 bridgehead atoms. The molecular weight excluding hydrogens is 455 g/mol. The van der Waals surface area contributed by atoms with Crippen molar-refractivity contribution in [2.75, 3.05) is 12.4 Å². The quantitative estimate of drug-likeness (QED) is 0.239. The van der Waals surface area contributed by atoms with E-state index in [2.05, 4.69) is 15.1 Å². The molecule has 8 heteroatoms. The summed E-state index contributed by atoms with van der Waals surface area (Å²) in [5.74, 6) is 0.146. The molecule has 36 heavy (non-hydrogen) atoms. The molecule has 178 valence electrons. The van der Waals surface area contributed by atoms with Gasteiger partial charge < -0.3 is 14.6 Å². The highest BCUT2D eigenvalue weighted by molar-refractivity contribution is 5.86. The van der Waals surface area contributed by atoms with Gasteiger partial charge in [-0.15, -0.1) is 0 Å². The third-order valence-corrected chi connectivity index (χ3v) is 5.62. The Morgan fingerprint density at radius 3 is 2.58 bits per heavy atom. The molecule has 1 N–H and O–H groups in total. The van der Waals surface area contributed by atoms with Crippen LogP contribution in [0.5, 0.6) is 5.88 Å². The zero-order valence-electron chi connectivity index (χ0n) is 20.0. The second-order valence-electron chi connectivity index (χ2n) is 8.47. The smallest absolute Gasteiger partial charge is 0.237 e. The van der Waals surface area contributed by atoms with Gasteiger partial charge in [-0.3, -0.25) is 4.99 Å². The van der Waals surface area contributed by atoms with Crippen molar-refractivity contribution in [3.8, 4) is 23.0 Å². The number of halogens is 1. The number of rotatable bonds is 5.